The zero-order valence-electron chi connectivity index (χ0n) is 15.9. The molecule has 2 heterocycles. The van der Waals surface area contributed by atoms with Gasteiger partial charge in [0.2, 0.25) is 5.13 Å². The number of anilines is 1. The van der Waals surface area contributed by atoms with Crippen molar-refractivity contribution in [2.75, 3.05) is 12.1 Å². The highest BCUT2D eigenvalue weighted by molar-refractivity contribution is 7.22. The number of thiazole rings is 1. The number of hydrazone groups is 1. The molecule has 4 rings (SSSR count). The molecule has 2 aromatic carbocycles. The van der Waals surface area contributed by atoms with Gasteiger partial charge in [0.15, 0.2) is 0 Å². The molecule has 0 bridgehead atoms. The third-order valence-electron chi connectivity index (χ3n) is 4.12. The predicted octanol–water partition coefficient (Wildman–Crippen LogP) is 5.61. The molecule has 2 aromatic heterocycles. The molecular weight excluding hydrogens is 460 g/mol. The summed E-state index contributed by atoms with van der Waals surface area (Å²) in [6.45, 7) is 0. The lowest BCUT2D eigenvalue weighted by atomic mass is 10.2. The lowest BCUT2D eigenvalue weighted by Crippen LogP contribution is -2.25. The van der Waals surface area contributed by atoms with Gasteiger partial charge in [0, 0.05) is 16.7 Å². The first-order valence-corrected chi connectivity index (χ1v) is 10.8. The molecular formula is C20H13ClN4O4S2. The van der Waals surface area contributed by atoms with Gasteiger partial charge < -0.3 is 4.74 Å². The van der Waals surface area contributed by atoms with Crippen LogP contribution in [0.3, 0.4) is 0 Å². The zero-order chi connectivity index (χ0) is 22.0. The van der Waals surface area contributed by atoms with E-state index in [-0.39, 0.29) is 5.00 Å². The normalized spacial score (nSPS) is 11.2. The predicted molar refractivity (Wildman–Crippen MR) is 123 cm³/mol. The van der Waals surface area contributed by atoms with Crippen LogP contribution in [0, 0.1) is 10.1 Å². The van der Waals surface area contributed by atoms with Crippen molar-refractivity contribution < 1.29 is 14.5 Å². The molecule has 11 heteroatoms. The van der Waals surface area contributed by atoms with Crippen molar-refractivity contribution in [1.82, 2.24) is 4.98 Å². The first-order chi connectivity index (χ1) is 14.9. The van der Waals surface area contributed by atoms with Crippen molar-refractivity contribution >= 4 is 66.7 Å². The van der Waals surface area contributed by atoms with Crippen LogP contribution in [0.4, 0.5) is 10.1 Å². The van der Waals surface area contributed by atoms with Crippen molar-refractivity contribution in [3.05, 3.63) is 80.2 Å². The van der Waals surface area contributed by atoms with Gasteiger partial charge in [0.1, 0.15) is 5.75 Å². The minimum Gasteiger partial charge on any atom is -0.497 e. The Balaban J connectivity index is 1.75. The summed E-state index contributed by atoms with van der Waals surface area (Å²) < 4.78 is 6.07. The Hall–Kier alpha value is -3.34. The highest BCUT2D eigenvalue weighted by Gasteiger charge is 2.22. The second kappa shape index (κ2) is 8.80. The van der Waals surface area contributed by atoms with Crippen LogP contribution in [0.15, 0.2) is 59.7 Å². The van der Waals surface area contributed by atoms with Crippen LogP contribution in [0.5, 0.6) is 5.75 Å². The van der Waals surface area contributed by atoms with Crippen molar-refractivity contribution in [2.24, 2.45) is 5.10 Å². The summed E-state index contributed by atoms with van der Waals surface area (Å²) in [6.07, 6.45) is 1.40. The maximum absolute atomic E-state index is 13.2. The Kier molecular flexibility index (Phi) is 5.94. The largest absolute Gasteiger partial charge is 0.497 e. The van der Waals surface area contributed by atoms with Crippen LogP contribution < -0.4 is 9.75 Å². The maximum Gasteiger partial charge on any atom is 0.324 e. The van der Waals surface area contributed by atoms with Gasteiger partial charge in [-0.3, -0.25) is 14.9 Å². The van der Waals surface area contributed by atoms with Crippen LogP contribution in [0.1, 0.15) is 15.2 Å². The van der Waals surface area contributed by atoms with E-state index >= 15 is 0 Å². The number of thiophene rings is 1. The number of nitrogens with zero attached hydrogens (tertiary/aromatic N) is 4. The number of fused-ring (bicyclic) bond motifs is 1. The maximum atomic E-state index is 13.2. The van der Waals surface area contributed by atoms with Gasteiger partial charge in [0.05, 0.1) is 33.3 Å². The summed E-state index contributed by atoms with van der Waals surface area (Å²) in [5.74, 6) is 0.237. The van der Waals surface area contributed by atoms with E-state index in [1.807, 2.05) is 6.07 Å². The molecule has 156 valence electrons. The second-order valence-electron chi connectivity index (χ2n) is 6.14. The molecule has 0 N–H and O–H groups in total. The summed E-state index contributed by atoms with van der Waals surface area (Å²) in [6, 6.07) is 14.9. The Morgan fingerprint density at radius 1 is 1.23 bits per heavy atom. The number of hydrogen-bond acceptors (Lipinski definition) is 8. The van der Waals surface area contributed by atoms with Crippen LogP contribution in [0.2, 0.25) is 5.02 Å². The molecule has 31 heavy (non-hydrogen) atoms. The first-order valence-electron chi connectivity index (χ1n) is 8.77. The average molecular weight is 473 g/mol. The highest BCUT2D eigenvalue weighted by atomic mass is 35.5. The van der Waals surface area contributed by atoms with Gasteiger partial charge in [0.25, 0.3) is 5.91 Å². The quantitative estimate of drug-likeness (QED) is 0.206. The van der Waals surface area contributed by atoms with E-state index in [9.17, 15) is 14.9 Å². The summed E-state index contributed by atoms with van der Waals surface area (Å²) in [7, 11) is 1.57. The molecule has 0 aliphatic heterocycles. The van der Waals surface area contributed by atoms with Crippen molar-refractivity contribution in [2.45, 2.75) is 0 Å². The van der Waals surface area contributed by atoms with Gasteiger partial charge in [-0.15, -0.1) is 0 Å². The summed E-state index contributed by atoms with van der Waals surface area (Å²) in [4.78, 5) is 28.7. The Bertz CT molecular complexity index is 1320. The molecule has 1 amide bonds. The highest BCUT2D eigenvalue weighted by Crippen LogP contribution is 2.33. The molecule has 0 saturated carbocycles. The van der Waals surface area contributed by atoms with Gasteiger partial charge in [-0.25, -0.2) is 4.98 Å². The fourth-order valence-corrected chi connectivity index (χ4v) is 4.50. The van der Waals surface area contributed by atoms with Crippen molar-refractivity contribution in [3.8, 4) is 5.75 Å². The monoisotopic (exact) mass is 472 g/mol. The van der Waals surface area contributed by atoms with Crippen molar-refractivity contribution in [3.63, 3.8) is 0 Å². The number of carbonyl (C=O) groups is 1. The third kappa shape index (κ3) is 4.55. The lowest BCUT2D eigenvalue weighted by Gasteiger charge is -2.13. The van der Waals surface area contributed by atoms with Gasteiger partial charge in [-0.2, -0.15) is 10.1 Å². The van der Waals surface area contributed by atoms with Crippen LogP contribution in [-0.2, 0) is 0 Å². The number of methoxy groups -OCH3 is 1. The average Bonchev–Trinajstić information content (AvgIpc) is 3.40. The van der Waals surface area contributed by atoms with Gasteiger partial charge in [-0.05, 0) is 42.5 Å². The molecule has 0 saturated heterocycles. The summed E-state index contributed by atoms with van der Waals surface area (Å²) in [5.41, 5.74) is 1.02. The number of carbonyl (C=O) groups excluding carboxylic acids is 1. The van der Waals surface area contributed by atoms with Crippen LogP contribution >= 0.6 is 34.3 Å². The molecule has 0 spiro atoms. The van der Waals surface area contributed by atoms with E-state index in [0.29, 0.717) is 31.9 Å². The molecule has 0 aliphatic carbocycles. The number of halogens is 1. The summed E-state index contributed by atoms with van der Waals surface area (Å²) >= 11 is 8.27. The summed E-state index contributed by atoms with van der Waals surface area (Å²) in [5, 5.41) is 17.1. The number of hydrogen-bond donors (Lipinski definition) is 0. The molecule has 4 aromatic rings. The lowest BCUT2D eigenvalue weighted by molar-refractivity contribution is -0.380. The minimum atomic E-state index is -0.474. The van der Waals surface area contributed by atoms with Gasteiger partial charge in [-0.1, -0.05) is 40.3 Å². The van der Waals surface area contributed by atoms with Crippen molar-refractivity contribution in [1.29, 1.82) is 0 Å². The number of rotatable bonds is 6. The standard InChI is InChI=1S/C20H13ClN4O4S2/c1-29-14-5-7-16-17(10-14)31-20(23-16)24(19(26)12-3-2-4-13(21)9-12)22-11-15-6-8-18(30-15)25(27)28/h2-11H,1H3/b22-11+. The number of ether oxygens (including phenoxy) is 1. The number of nitro groups is 1. The van der Waals surface area contributed by atoms with Gasteiger partial charge >= 0.3 is 5.00 Å². The molecule has 0 aliphatic rings. The molecule has 0 unspecified atom stereocenters. The number of amides is 1. The molecule has 0 fully saturated rings. The Morgan fingerprint density at radius 3 is 2.77 bits per heavy atom. The van der Waals surface area contributed by atoms with E-state index in [2.05, 4.69) is 10.1 Å². The third-order valence-corrected chi connectivity index (χ3v) is 6.32. The molecule has 0 radical (unpaired) electrons. The second-order valence-corrected chi connectivity index (χ2v) is 8.67. The first kappa shape index (κ1) is 20.9. The SMILES string of the molecule is COc1ccc2nc(N(/N=C/c3ccc([N+](=O)[O-])s3)C(=O)c3cccc(Cl)c3)sc2c1. The van der Waals surface area contributed by atoms with E-state index in [1.165, 1.54) is 23.6 Å². The smallest absolute Gasteiger partial charge is 0.324 e. The van der Waals surface area contributed by atoms with E-state index in [1.54, 1.807) is 49.6 Å². The fraction of sp³-hybridized carbons (Fsp3) is 0.0500. The zero-order valence-corrected chi connectivity index (χ0v) is 18.3. The number of benzene rings is 2. The van der Waals surface area contributed by atoms with Crippen LogP contribution in [0.25, 0.3) is 10.2 Å². The molecule has 0 atom stereocenters. The fourth-order valence-electron chi connectivity index (χ4n) is 2.67. The van der Waals surface area contributed by atoms with E-state index in [0.717, 1.165) is 21.0 Å². The minimum absolute atomic E-state index is 0.0127. The van der Waals surface area contributed by atoms with E-state index in [4.69, 9.17) is 16.3 Å². The Morgan fingerprint density at radius 2 is 2.06 bits per heavy atom. The van der Waals surface area contributed by atoms with E-state index < -0.39 is 10.8 Å². The topological polar surface area (TPSA) is 97.9 Å². The molecule has 8 nitrogen and oxygen atoms in total. The number of aromatic nitrogens is 1. The Labute approximate surface area is 189 Å². The van der Waals surface area contributed by atoms with Crippen LogP contribution in [-0.4, -0.2) is 29.1 Å².